The summed E-state index contributed by atoms with van der Waals surface area (Å²) in [7, 11) is -3.62. The first kappa shape index (κ1) is 17.8. The van der Waals surface area contributed by atoms with Crippen molar-refractivity contribution in [3.63, 3.8) is 0 Å². The Morgan fingerprint density at radius 3 is 2.60 bits per heavy atom. The van der Waals surface area contributed by atoms with Gasteiger partial charge in [0.2, 0.25) is 10.0 Å². The maximum Gasteiger partial charge on any atom is 0.278 e. The first-order valence-electron chi connectivity index (χ1n) is 8.16. The molecule has 7 nitrogen and oxygen atoms in total. The molecule has 2 heterocycles. The maximum absolute atomic E-state index is 12.5. The number of aryl methyl sites for hydroxylation is 2. The fraction of sp³-hybridized carbons (Fsp3) is 0.412. The molecule has 0 spiro atoms. The summed E-state index contributed by atoms with van der Waals surface area (Å²) in [6, 6.07) is 7.66. The summed E-state index contributed by atoms with van der Waals surface area (Å²) in [5.74, 6) is -0.290. The lowest BCUT2D eigenvalue weighted by Crippen LogP contribution is -2.31. The minimum absolute atomic E-state index is 0.0679. The fourth-order valence-corrected chi connectivity index (χ4v) is 3.89. The van der Waals surface area contributed by atoms with Crippen molar-refractivity contribution >= 4 is 15.9 Å². The minimum Gasteiger partial charge on any atom is -0.377 e. The molecule has 1 N–H and O–H groups in total. The number of rotatable bonds is 5. The molecule has 0 aliphatic carbocycles. The van der Waals surface area contributed by atoms with Gasteiger partial charge < -0.3 is 4.74 Å². The van der Waals surface area contributed by atoms with Crippen LogP contribution in [0.3, 0.4) is 0 Å². The third-order valence-corrected chi connectivity index (χ3v) is 5.58. The molecule has 134 valence electrons. The van der Waals surface area contributed by atoms with Gasteiger partial charge in [-0.25, -0.2) is 17.8 Å². The van der Waals surface area contributed by atoms with Gasteiger partial charge in [-0.1, -0.05) is 0 Å². The Bertz CT molecular complexity index is 866. The number of benzene rings is 1. The van der Waals surface area contributed by atoms with Gasteiger partial charge in [0.25, 0.3) is 5.91 Å². The molecule has 25 heavy (non-hydrogen) atoms. The number of hydrogen-bond donors (Lipinski definition) is 1. The lowest BCUT2D eigenvalue weighted by atomic mass is 10.2. The molecule has 8 heteroatoms. The van der Waals surface area contributed by atoms with E-state index >= 15 is 0 Å². The Hall–Kier alpha value is -2.03. The lowest BCUT2D eigenvalue weighted by molar-refractivity contribution is 0.0942. The van der Waals surface area contributed by atoms with Gasteiger partial charge >= 0.3 is 0 Å². The van der Waals surface area contributed by atoms with Crippen molar-refractivity contribution in [1.29, 1.82) is 0 Å². The molecule has 3 rings (SSSR count). The highest BCUT2D eigenvalue weighted by atomic mass is 32.2. The van der Waals surface area contributed by atoms with Crippen LogP contribution >= 0.6 is 0 Å². The number of aromatic nitrogens is 2. The predicted octanol–water partition coefficient (Wildman–Crippen LogP) is 1.65. The second kappa shape index (κ2) is 7.07. The number of carbonyl (C=O) groups excluding carboxylic acids is 1. The fourth-order valence-electron chi connectivity index (χ4n) is 2.82. The van der Waals surface area contributed by atoms with E-state index < -0.39 is 10.0 Å². The van der Waals surface area contributed by atoms with Crippen molar-refractivity contribution in [2.45, 2.75) is 37.7 Å². The molecular formula is C17H21N3O4S. The standard InChI is InChI=1S/C17H21N3O4S/c1-12-10-13(2)20(19-12)17(21)14-5-7-16(8-6-14)25(22,23)18-11-15-4-3-9-24-15/h5-8,10,15,18H,3-4,9,11H2,1-2H3/t15-/m0/s1. The Labute approximate surface area is 147 Å². The van der Waals surface area contributed by atoms with Gasteiger partial charge in [0.05, 0.1) is 16.7 Å². The topological polar surface area (TPSA) is 90.3 Å². The molecule has 0 radical (unpaired) electrons. The number of nitrogens with zero attached hydrogens (tertiary/aromatic N) is 2. The number of nitrogens with one attached hydrogen (secondary N) is 1. The molecule has 1 aliphatic heterocycles. The second-order valence-electron chi connectivity index (χ2n) is 6.16. The van der Waals surface area contributed by atoms with Crippen LogP contribution in [-0.4, -0.2) is 43.4 Å². The van der Waals surface area contributed by atoms with E-state index in [0.29, 0.717) is 12.2 Å². The number of sulfonamides is 1. The lowest BCUT2D eigenvalue weighted by Gasteiger charge is -2.11. The highest BCUT2D eigenvalue weighted by molar-refractivity contribution is 7.89. The summed E-state index contributed by atoms with van der Waals surface area (Å²) in [4.78, 5) is 12.6. The summed E-state index contributed by atoms with van der Waals surface area (Å²) < 4.78 is 33.9. The number of hydrogen-bond acceptors (Lipinski definition) is 5. The van der Waals surface area contributed by atoms with Crippen LogP contribution in [0.25, 0.3) is 0 Å². The first-order valence-corrected chi connectivity index (χ1v) is 9.64. The summed E-state index contributed by atoms with van der Waals surface area (Å²) >= 11 is 0. The Kier molecular flexibility index (Phi) is 5.03. The Morgan fingerprint density at radius 2 is 2.04 bits per heavy atom. The molecule has 2 aromatic rings. The van der Waals surface area contributed by atoms with Crippen LogP contribution in [0.1, 0.15) is 34.6 Å². The van der Waals surface area contributed by atoms with Crippen LogP contribution in [0.15, 0.2) is 35.2 Å². The van der Waals surface area contributed by atoms with E-state index in [1.165, 1.54) is 28.9 Å². The summed E-state index contributed by atoms with van der Waals surface area (Å²) in [5.41, 5.74) is 1.87. The third-order valence-electron chi connectivity index (χ3n) is 4.14. The van der Waals surface area contributed by atoms with Gasteiger partial charge in [-0.2, -0.15) is 5.10 Å². The van der Waals surface area contributed by atoms with E-state index in [1.54, 1.807) is 6.92 Å². The van der Waals surface area contributed by atoms with Gasteiger partial charge in [-0.3, -0.25) is 4.79 Å². The van der Waals surface area contributed by atoms with Gasteiger partial charge in [0, 0.05) is 24.4 Å². The van der Waals surface area contributed by atoms with Crippen LogP contribution in [-0.2, 0) is 14.8 Å². The molecule has 0 bridgehead atoms. The quantitative estimate of drug-likeness (QED) is 0.872. The SMILES string of the molecule is Cc1cc(C)n(C(=O)c2ccc(S(=O)(=O)NC[C@@H]3CCCO3)cc2)n1. The smallest absolute Gasteiger partial charge is 0.278 e. The summed E-state index contributed by atoms with van der Waals surface area (Å²) in [6.45, 7) is 4.54. The van der Waals surface area contributed by atoms with Crippen LogP contribution in [0.4, 0.5) is 0 Å². The molecule has 1 aromatic heterocycles. The molecular weight excluding hydrogens is 342 g/mol. The molecule has 1 aliphatic rings. The second-order valence-corrected chi connectivity index (χ2v) is 7.92. The molecule has 1 aromatic carbocycles. The zero-order chi connectivity index (χ0) is 18.0. The molecule has 1 atom stereocenters. The van der Waals surface area contributed by atoms with Gasteiger partial charge in [0.1, 0.15) is 0 Å². The van der Waals surface area contributed by atoms with E-state index in [0.717, 1.165) is 24.2 Å². The first-order chi connectivity index (χ1) is 11.9. The number of ether oxygens (including phenoxy) is 1. The largest absolute Gasteiger partial charge is 0.377 e. The summed E-state index contributed by atoms with van der Waals surface area (Å²) in [5, 5.41) is 4.15. The van der Waals surface area contributed by atoms with Crippen LogP contribution in [0, 0.1) is 13.8 Å². The van der Waals surface area contributed by atoms with Crippen molar-refractivity contribution in [1.82, 2.24) is 14.5 Å². The molecule has 0 saturated carbocycles. The van der Waals surface area contributed by atoms with Crippen LogP contribution < -0.4 is 4.72 Å². The van der Waals surface area contributed by atoms with Crippen molar-refractivity contribution in [3.05, 3.63) is 47.3 Å². The van der Waals surface area contributed by atoms with Gasteiger partial charge in [0.15, 0.2) is 0 Å². The highest BCUT2D eigenvalue weighted by Crippen LogP contribution is 2.15. The van der Waals surface area contributed by atoms with E-state index in [-0.39, 0.29) is 23.5 Å². The summed E-state index contributed by atoms with van der Waals surface area (Å²) in [6.07, 6.45) is 1.75. The Balaban J connectivity index is 1.72. The zero-order valence-electron chi connectivity index (χ0n) is 14.2. The van der Waals surface area contributed by atoms with Gasteiger partial charge in [-0.15, -0.1) is 0 Å². The molecule has 0 amide bonds. The van der Waals surface area contributed by atoms with Crippen molar-refractivity contribution in [2.24, 2.45) is 0 Å². The number of carbonyl (C=O) groups is 1. The minimum atomic E-state index is -3.62. The molecule has 1 fully saturated rings. The van der Waals surface area contributed by atoms with E-state index in [1.807, 2.05) is 13.0 Å². The normalized spacial score (nSPS) is 17.8. The molecule has 0 unspecified atom stereocenters. The van der Waals surface area contributed by atoms with Crippen LogP contribution in [0.5, 0.6) is 0 Å². The van der Waals surface area contributed by atoms with Crippen molar-refractivity contribution < 1.29 is 17.9 Å². The Morgan fingerprint density at radius 1 is 1.32 bits per heavy atom. The average Bonchev–Trinajstić information content (AvgIpc) is 3.22. The maximum atomic E-state index is 12.5. The average molecular weight is 363 g/mol. The van der Waals surface area contributed by atoms with Crippen molar-refractivity contribution in [3.8, 4) is 0 Å². The predicted molar refractivity (Wildman–Crippen MR) is 92.0 cm³/mol. The van der Waals surface area contributed by atoms with Crippen molar-refractivity contribution in [2.75, 3.05) is 13.2 Å². The van der Waals surface area contributed by atoms with Crippen LogP contribution in [0.2, 0.25) is 0 Å². The van der Waals surface area contributed by atoms with E-state index in [4.69, 9.17) is 4.74 Å². The molecule has 1 saturated heterocycles. The monoisotopic (exact) mass is 363 g/mol. The van der Waals surface area contributed by atoms with E-state index in [2.05, 4.69) is 9.82 Å². The zero-order valence-corrected chi connectivity index (χ0v) is 15.0. The third kappa shape index (κ3) is 3.97. The van der Waals surface area contributed by atoms with Gasteiger partial charge in [-0.05, 0) is 57.0 Å². The highest BCUT2D eigenvalue weighted by Gasteiger charge is 2.21. The van der Waals surface area contributed by atoms with E-state index in [9.17, 15) is 13.2 Å².